The number of pyridine rings is 1. The van der Waals surface area contributed by atoms with Crippen molar-refractivity contribution >= 4 is 16.6 Å². The molecule has 0 aliphatic carbocycles. The summed E-state index contributed by atoms with van der Waals surface area (Å²) >= 11 is 0. The van der Waals surface area contributed by atoms with E-state index in [4.69, 9.17) is 9.72 Å². The number of aromatic nitrogens is 1. The Labute approximate surface area is 155 Å². The lowest BCUT2D eigenvalue weighted by atomic mass is 10.1. The molecule has 3 aromatic rings. The van der Waals surface area contributed by atoms with Crippen LogP contribution in [0.2, 0.25) is 0 Å². The number of nitrogens with zero attached hydrogens (tertiary/aromatic N) is 3. The second kappa shape index (κ2) is 7.34. The highest BCUT2D eigenvalue weighted by Gasteiger charge is 2.20. The fourth-order valence-electron chi connectivity index (χ4n) is 3.69. The van der Waals surface area contributed by atoms with Gasteiger partial charge in [0, 0.05) is 37.1 Å². The molecule has 1 aliphatic rings. The minimum Gasteiger partial charge on any atom is -0.496 e. The molecule has 0 amide bonds. The largest absolute Gasteiger partial charge is 0.496 e. The molecular weight excluding hydrogens is 322 g/mol. The van der Waals surface area contributed by atoms with Crippen LogP contribution < -0.4 is 9.64 Å². The van der Waals surface area contributed by atoms with Crippen molar-refractivity contribution in [2.24, 2.45) is 0 Å². The number of rotatable bonds is 4. The van der Waals surface area contributed by atoms with Gasteiger partial charge in [-0.2, -0.15) is 0 Å². The quantitative estimate of drug-likeness (QED) is 0.712. The van der Waals surface area contributed by atoms with Crippen LogP contribution >= 0.6 is 0 Å². The Kier molecular flexibility index (Phi) is 4.76. The summed E-state index contributed by atoms with van der Waals surface area (Å²) in [6.45, 7) is 7.55. The molecule has 4 rings (SSSR count). The summed E-state index contributed by atoms with van der Waals surface area (Å²) in [5.41, 5.74) is 2.00. The fourth-order valence-corrected chi connectivity index (χ4v) is 3.69. The van der Waals surface area contributed by atoms with Crippen LogP contribution in [0.3, 0.4) is 0 Å². The molecular formula is C22H25N3O. The van der Waals surface area contributed by atoms with Crippen LogP contribution in [0.5, 0.6) is 5.75 Å². The molecule has 0 atom stereocenters. The molecule has 2 aromatic carbocycles. The van der Waals surface area contributed by atoms with Gasteiger partial charge >= 0.3 is 0 Å². The van der Waals surface area contributed by atoms with E-state index in [1.807, 2.05) is 18.2 Å². The number of para-hydroxylation sites is 1. The summed E-state index contributed by atoms with van der Waals surface area (Å²) in [5.74, 6) is 1.94. The third-order valence-electron chi connectivity index (χ3n) is 5.22. The predicted octanol–water partition coefficient (Wildman–Crippen LogP) is 4.05. The Balaban J connectivity index is 1.82. The van der Waals surface area contributed by atoms with E-state index in [1.165, 1.54) is 10.8 Å². The maximum Gasteiger partial charge on any atom is 0.137 e. The fraction of sp³-hybridized carbons (Fsp3) is 0.318. The minimum atomic E-state index is 0.858. The molecule has 1 fully saturated rings. The van der Waals surface area contributed by atoms with Gasteiger partial charge in [-0.05, 0) is 30.1 Å². The Bertz CT molecular complexity index is 901. The summed E-state index contributed by atoms with van der Waals surface area (Å²) < 4.78 is 5.57. The van der Waals surface area contributed by atoms with E-state index >= 15 is 0 Å². The Morgan fingerprint density at radius 1 is 0.962 bits per heavy atom. The number of ether oxygens (including phenoxy) is 1. The molecule has 134 valence electrons. The Morgan fingerprint density at radius 3 is 2.46 bits per heavy atom. The summed E-state index contributed by atoms with van der Waals surface area (Å²) in [6, 6.07) is 18.8. The lowest BCUT2D eigenvalue weighted by molar-refractivity contribution is 0.271. The monoisotopic (exact) mass is 347 g/mol. The van der Waals surface area contributed by atoms with Crippen LogP contribution in [-0.4, -0.2) is 49.7 Å². The number of likely N-dealkylation sites (N-methyl/N-ethyl adjacent to an activating group) is 1. The zero-order valence-electron chi connectivity index (χ0n) is 15.5. The number of anilines is 1. The average molecular weight is 347 g/mol. The van der Waals surface area contributed by atoms with Crippen LogP contribution in [0, 0.1) is 0 Å². The molecule has 0 radical (unpaired) electrons. The van der Waals surface area contributed by atoms with Gasteiger partial charge < -0.3 is 14.5 Å². The van der Waals surface area contributed by atoms with Crippen molar-refractivity contribution in [2.45, 2.75) is 6.92 Å². The zero-order chi connectivity index (χ0) is 17.9. The molecule has 0 N–H and O–H groups in total. The highest BCUT2D eigenvalue weighted by atomic mass is 16.5. The van der Waals surface area contributed by atoms with Gasteiger partial charge in [0.05, 0.1) is 12.8 Å². The maximum absolute atomic E-state index is 5.57. The van der Waals surface area contributed by atoms with Crippen molar-refractivity contribution in [3.63, 3.8) is 0 Å². The van der Waals surface area contributed by atoms with Crippen molar-refractivity contribution in [1.82, 2.24) is 9.88 Å². The first-order valence-corrected chi connectivity index (χ1v) is 9.30. The van der Waals surface area contributed by atoms with Crippen LogP contribution in [0.1, 0.15) is 6.92 Å². The van der Waals surface area contributed by atoms with E-state index in [9.17, 15) is 0 Å². The molecule has 4 nitrogen and oxygen atoms in total. The van der Waals surface area contributed by atoms with Crippen LogP contribution in [-0.2, 0) is 0 Å². The summed E-state index contributed by atoms with van der Waals surface area (Å²) in [5, 5.41) is 2.44. The van der Waals surface area contributed by atoms with E-state index in [0.717, 1.165) is 55.5 Å². The third kappa shape index (κ3) is 3.13. The normalized spacial score (nSPS) is 15.4. The number of hydrogen-bond donors (Lipinski definition) is 0. The van der Waals surface area contributed by atoms with Crippen molar-refractivity contribution in [2.75, 3.05) is 44.7 Å². The van der Waals surface area contributed by atoms with Gasteiger partial charge in [0.25, 0.3) is 0 Å². The SMILES string of the molecule is CCN1CCN(c2nc(-c3ccccc3OC)cc3ccccc23)CC1. The van der Waals surface area contributed by atoms with Gasteiger partial charge in [0.2, 0.25) is 0 Å². The number of hydrogen-bond acceptors (Lipinski definition) is 4. The molecule has 26 heavy (non-hydrogen) atoms. The van der Waals surface area contributed by atoms with E-state index in [-0.39, 0.29) is 0 Å². The lowest BCUT2D eigenvalue weighted by Gasteiger charge is -2.35. The molecule has 1 aliphatic heterocycles. The highest BCUT2D eigenvalue weighted by Crippen LogP contribution is 2.34. The van der Waals surface area contributed by atoms with Crippen molar-refractivity contribution < 1.29 is 4.74 Å². The van der Waals surface area contributed by atoms with E-state index in [1.54, 1.807) is 7.11 Å². The van der Waals surface area contributed by atoms with Crippen LogP contribution in [0.4, 0.5) is 5.82 Å². The van der Waals surface area contributed by atoms with Gasteiger partial charge in [0.15, 0.2) is 0 Å². The molecule has 0 saturated carbocycles. The van der Waals surface area contributed by atoms with E-state index < -0.39 is 0 Å². The van der Waals surface area contributed by atoms with Crippen LogP contribution in [0.25, 0.3) is 22.0 Å². The van der Waals surface area contributed by atoms with Crippen molar-refractivity contribution in [3.8, 4) is 17.0 Å². The second-order valence-corrected chi connectivity index (χ2v) is 6.67. The first kappa shape index (κ1) is 16.9. The molecule has 0 unspecified atom stereocenters. The summed E-state index contributed by atoms with van der Waals surface area (Å²) in [7, 11) is 1.71. The predicted molar refractivity (Wildman–Crippen MR) is 108 cm³/mol. The third-order valence-corrected chi connectivity index (χ3v) is 5.22. The van der Waals surface area contributed by atoms with Gasteiger partial charge in [-0.25, -0.2) is 4.98 Å². The Morgan fingerprint density at radius 2 is 1.69 bits per heavy atom. The van der Waals surface area contributed by atoms with Gasteiger partial charge in [-0.1, -0.05) is 43.3 Å². The first-order chi connectivity index (χ1) is 12.8. The van der Waals surface area contributed by atoms with Crippen molar-refractivity contribution in [1.29, 1.82) is 0 Å². The number of methoxy groups -OCH3 is 1. The van der Waals surface area contributed by atoms with E-state index in [2.05, 4.69) is 53.1 Å². The molecule has 1 aromatic heterocycles. The zero-order valence-corrected chi connectivity index (χ0v) is 15.5. The molecule has 1 saturated heterocycles. The van der Waals surface area contributed by atoms with Gasteiger partial charge in [-0.15, -0.1) is 0 Å². The Hall–Kier alpha value is -2.59. The number of fused-ring (bicyclic) bond motifs is 1. The topological polar surface area (TPSA) is 28.6 Å². The second-order valence-electron chi connectivity index (χ2n) is 6.67. The minimum absolute atomic E-state index is 0.858. The molecule has 2 heterocycles. The summed E-state index contributed by atoms with van der Waals surface area (Å²) in [6.07, 6.45) is 0. The van der Waals surface area contributed by atoms with Crippen LogP contribution in [0.15, 0.2) is 54.6 Å². The van der Waals surface area contributed by atoms with Gasteiger partial charge in [-0.3, -0.25) is 0 Å². The van der Waals surface area contributed by atoms with Crippen molar-refractivity contribution in [3.05, 3.63) is 54.6 Å². The van der Waals surface area contributed by atoms with Gasteiger partial charge in [0.1, 0.15) is 11.6 Å². The number of piperazine rings is 1. The number of benzene rings is 2. The summed E-state index contributed by atoms with van der Waals surface area (Å²) in [4.78, 5) is 9.99. The molecule has 0 bridgehead atoms. The lowest BCUT2D eigenvalue weighted by Crippen LogP contribution is -2.46. The van der Waals surface area contributed by atoms with E-state index in [0.29, 0.717) is 0 Å². The maximum atomic E-state index is 5.57. The smallest absolute Gasteiger partial charge is 0.137 e. The first-order valence-electron chi connectivity index (χ1n) is 9.30. The molecule has 4 heteroatoms. The average Bonchev–Trinajstić information content (AvgIpc) is 2.73. The highest BCUT2D eigenvalue weighted by molar-refractivity contribution is 5.95. The standard InChI is InChI=1S/C22H25N3O/c1-3-24-12-14-25(15-13-24)22-18-9-5-4-8-17(18)16-20(23-22)19-10-6-7-11-21(19)26-2/h4-11,16H,3,12-15H2,1-2H3. The molecule has 0 spiro atoms.